The van der Waals surface area contributed by atoms with E-state index in [2.05, 4.69) is 20.9 Å². The molecule has 0 spiro atoms. The smallest absolute Gasteiger partial charge is 0.132 e. The molecule has 0 amide bonds. The molecule has 1 aliphatic rings. The first-order valence-corrected chi connectivity index (χ1v) is 8.21. The van der Waals surface area contributed by atoms with Crippen LogP contribution in [0.2, 0.25) is 15.5 Å². The van der Waals surface area contributed by atoms with E-state index in [1.165, 1.54) is 25.0 Å². The molecule has 0 unspecified atom stereocenters. The van der Waals surface area contributed by atoms with Crippen LogP contribution in [-0.4, -0.2) is 23.1 Å². The van der Waals surface area contributed by atoms with E-state index in [4.69, 9.17) is 45.3 Å². The van der Waals surface area contributed by atoms with Crippen LogP contribution in [0.15, 0.2) is 24.3 Å². The van der Waals surface area contributed by atoms with Crippen molar-refractivity contribution in [2.75, 3.05) is 18.0 Å². The van der Waals surface area contributed by atoms with Gasteiger partial charge in [0.15, 0.2) is 0 Å². The fourth-order valence-corrected chi connectivity index (χ4v) is 2.85. The van der Waals surface area contributed by atoms with E-state index in [9.17, 15) is 0 Å². The SMILES string of the molecule is N#Cc1cc(Cl)nc(Cl)c1.N#Cc1cc(Cl)nc(N2CCCC2)c1. The predicted molar refractivity (Wildman–Crippen MR) is 94.4 cm³/mol. The van der Waals surface area contributed by atoms with E-state index < -0.39 is 0 Å². The number of anilines is 1. The molecule has 0 aromatic carbocycles. The number of aromatic nitrogens is 2. The highest BCUT2D eigenvalue weighted by molar-refractivity contribution is 6.32. The molecular formula is C16H12Cl3N5. The summed E-state index contributed by atoms with van der Waals surface area (Å²) in [6.07, 6.45) is 2.38. The number of hydrogen-bond acceptors (Lipinski definition) is 5. The Balaban J connectivity index is 0.000000185. The van der Waals surface area contributed by atoms with E-state index in [0.717, 1.165) is 18.9 Å². The van der Waals surface area contributed by atoms with Crippen LogP contribution in [0.3, 0.4) is 0 Å². The van der Waals surface area contributed by atoms with E-state index in [-0.39, 0.29) is 10.3 Å². The maximum absolute atomic E-state index is 8.77. The Hall–Kier alpha value is -2.05. The molecule has 24 heavy (non-hydrogen) atoms. The first kappa shape index (κ1) is 18.3. The van der Waals surface area contributed by atoms with Gasteiger partial charge in [-0.3, -0.25) is 0 Å². The molecule has 0 aliphatic carbocycles. The summed E-state index contributed by atoms with van der Waals surface area (Å²) in [7, 11) is 0. The summed E-state index contributed by atoms with van der Waals surface area (Å²) in [6, 6.07) is 10.3. The average Bonchev–Trinajstić information content (AvgIpc) is 3.08. The normalized spacial score (nSPS) is 12.8. The molecule has 3 rings (SSSR count). The molecule has 0 N–H and O–H groups in total. The third-order valence-electron chi connectivity index (χ3n) is 3.23. The summed E-state index contributed by atoms with van der Waals surface area (Å²) in [5.74, 6) is 0.826. The van der Waals surface area contributed by atoms with Crippen molar-refractivity contribution in [3.63, 3.8) is 0 Å². The van der Waals surface area contributed by atoms with Crippen molar-refractivity contribution in [2.45, 2.75) is 12.8 Å². The fourth-order valence-electron chi connectivity index (χ4n) is 2.19. The molecule has 2 aromatic rings. The Morgan fingerprint density at radius 2 is 1.25 bits per heavy atom. The minimum Gasteiger partial charge on any atom is -0.357 e. The standard InChI is InChI=1S/C10H10ClN3.C6H2Cl2N2/c11-9-5-8(7-12)6-10(13-9)14-3-1-2-4-14;7-5-1-4(3-9)2-6(8)10-5/h5-6H,1-4H2;1-2H. The monoisotopic (exact) mass is 379 g/mol. The van der Waals surface area contributed by atoms with Gasteiger partial charge in [-0.05, 0) is 37.1 Å². The average molecular weight is 381 g/mol. The number of halogens is 3. The van der Waals surface area contributed by atoms with Crippen LogP contribution in [0.5, 0.6) is 0 Å². The lowest BCUT2D eigenvalue weighted by Crippen LogP contribution is -2.19. The first-order chi connectivity index (χ1) is 11.5. The van der Waals surface area contributed by atoms with E-state index >= 15 is 0 Å². The summed E-state index contributed by atoms with van der Waals surface area (Å²) in [5.41, 5.74) is 0.997. The van der Waals surface area contributed by atoms with Crippen LogP contribution in [0.25, 0.3) is 0 Å². The van der Waals surface area contributed by atoms with Gasteiger partial charge in [-0.1, -0.05) is 34.8 Å². The van der Waals surface area contributed by atoms with Crippen molar-refractivity contribution >= 4 is 40.6 Å². The highest BCUT2D eigenvalue weighted by Crippen LogP contribution is 2.21. The number of hydrogen-bond donors (Lipinski definition) is 0. The molecule has 0 radical (unpaired) electrons. The van der Waals surface area contributed by atoms with Crippen molar-refractivity contribution in [1.82, 2.24) is 9.97 Å². The Morgan fingerprint density at radius 3 is 1.75 bits per heavy atom. The molecule has 5 nitrogen and oxygen atoms in total. The van der Waals surface area contributed by atoms with Gasteiger partial charge in [-0.25, -0.2) is 9.97 Å². The van der Waals surface area contributed by atoms with E-state index in [1.807, 2.05) is 6.07 Å². The lowest BCUT2D eigenvalue weighted by atomic mass is 10.3. The molecule has 2 aromatic heterocycles. The Kier molecular flexibility index (Phi) is 6.63. The van der Waals surface area contributed by atoms with Gasteiger partial charge in [-0.2, -0.15) is 10.5 Å². The minimum atomic E-state index is 0.240. The second-order valence-electron chi connectivity index (χ2n) is 4.96. The Bertz CT molecular complexity index is 784. The molecule has 1 aliphatic heterocycles. The van der Waals surface area contributed by atoms with Gasteiger partial charge in [0.25, 0.3) is 0 Å². The summed E-state index contributed by atoms with van der Waals surface area (Å²) in [5, 5.41) is 18.0. The van der Waals surface area contributed by atoms with Crippen molar-refractivity contribution in [1.29, 1.82) is 10.5 Å². The Morgan fingerprint density at radius 1 is 0.792 bits per heavy atom. The molecule has 0 saturated carbocycles. The van der Waals surface area contributed by atoms with Crippen LogP contribution >= 0.6 is 34.8 Å². The molecule has 8 heteroatoms. The van der Waals surface area contributed by atoms with E-state index in [1.54, 1.807) is 12.1 Å². The Labute approximate surface area is 155 Å². The first-order valence-electron chi connectivity index (χ1n) is 7.07. The highest BCUT2D eigenvalue weighted by Gasteiger charge is 2.14. The molecular weight excluding hydrogens is 369 g/mol. The van der Waals surface area contributed by atoms with Crippen molar-refractivity contribution < 1.29 is 0 Å². The second kappa shape index (κ2) is 8.70. The minimum absolute atomic E-state index is 0.240. The maximum Gasteiger partial charge on any atom is 0.132 e. The molecule has 1 saturated heterocycles. The molecule has 122 valence electrons. The number of nitrogens with zero attached hydrogens (tertiary/aromatic N) is 5. The second-order valence-corrected chi connectivity index (χ2v) is 6.12. The lowest BCUT2D eigenvalue weighted by Gasteiger charge is -2.16. The van der Waals surface area contributed by atoms with E-state index in [0.29, 0.717) is 16.3 Å². The molecule has 1 fully saturated rings. The molecule has 3 heterocycles. The van der Waals surface area contributed by atoms with Crippen LogP contribution in [0.4, 0.5) is 5.82 Å². The quantitative estimate of drug-likeness (QED) is 0.682. The van der Waals surface area contributed by atoms with Crippen LogP contribution in [0.1, 0.15) is 24.0 Å². The number of nitriles is 2. The zero-order chi connectivity index (χ0) is 17.5. The van der Waals surface area contributed by atoms with Gasteiger partial charge in [-0.15, -0.1) is 0 Å². The summed E-state index contributed by atoms with van der Waals surface area (Å²) >= 11 is 16.8. The summed E-state index contributed by atoms with van der Waals surface area (Å²) in [6.45, 7) is 2.02. The number of pyridine rings is 2. The molecule has 0 bridgehead atoms. The van der Waals surface area contributed by atoms with Gasteiger partial charge in [0, 0.05) is 13.1 Å². The largest absolute Gasteiger partial charge is 0.357 e. The lowest BCUT2D eigenvalue weighted by molar-refractivity contribution is 0.937. The van der Waals surface area contributed by atoms with Gasteiger partial charge in [0.2, 0.25) is 0 Å². The van der Waals surface area contributed by atoms with Gasteiger partial charge in [0.1, 0.15) is 21.3 Å². The van der Waals surface area contributed by atoms with Gasteiger partial charge >= 0.3 is 0 Å². The van der Waals surface area contributed by atoms with Crippen molar-refractivity contribution in [3.05, 3.63) is 50.9 Å². The maximum atomic E-state index is 8.77. The van der Waals surface area contributed by atoms with Crippen LogP contribution < -0.4 is 4.90 Å². The fraction of sp³-hybridized carbons (Fsp3) is 0.250. The highest BCUT2D eigenvalue weighted by atomic mass is 35.5. The summed E-state index contributed by atoms with van der Waals surface area (Å²) < 4.78 is 0. The third-order valence-corrected chi connectivity index (χ3v) is 3.81. The number of rotatable bonds is 1. The van der Waals surface area contributed by atoms with Crippen molar-refractivity contribution in [3.8, 4) is 12.1 Å². The summed E-state index contributed by atoms with van der Waals surface area (Å²) in [4.78, 5) is 10.0. The third kappa shape index (κ3) is 5.25. The topological polar surface area (TPSA) is 76.6 Å². The zero-order valence-electron chi connectivity index (χ0n) is 12.5. The molecule has 0 atom stereocenters. The van der Waals surface area contributed by atoms with Gasteiger partial charge in [0.05, 0.1) is 23.3 Å². The van der Waals surface area contributed by atoms with Gasteiger partial charge < -0.3 is 4.90 Å². The zero-order valence-corrected chi connectivity index (χ0v) is 14.8. The van der Waals surface area contributed by atoms with Crippen LogP contribution in [0, 0.1) is 22.7 Å². The van der Waals surface area contributed by atoms with Crippen LogP contribution in [-0.2, 0) is 0 Å². The van der Waals surface area contributed by atoms with Crippen molar-refractivity contribution in [2.24, 2.45) is 0 Å². The predicted octanol–water partition coefficient (Wildman–Crippen LogP) is 4.47.